The van der Waals surface area contributed by atoms with E-state index < -0.39 is 11.9 Å². The van der Waals surface area contributed by atoms with Gasteiger partial charge in [0.1, 0.15) is 11.0 Å². The molecule has 2 aromatic rings. The summed E-state index contributed by atoms with van der Waals surface area (Å²) in [6.45, 7) is 1.74. The highest BCUT2D eigenvalue weighted by atomic mass is 35.5. The fourth-order valence-corrected chi connectivity index (χ4v) is 2.49. The summed E-state index contributed by atoms with van der Waals surface area (Å²) in [5, 5.41) is 5.99. The standard InChI is InChI=1S/C10H9ClF3N3S/c1-6(9-15-7(4-11)5-18-9)17-3-2-8(16-17)10(12,13)14/h2-3,5-6H,4H2,1H3. The van der Waals surface area contributed by atoms with Gasteiger partial charge in [0, 0.05) is 11.6 Å². The van der Waals surface area contributed by atoms with E-state index in [2.05, 4.69) is 10.1 Å². The minimum absolute atomic E-state index is 0.288. The molecular formula is C10H9ClF3N3S. The molecule has 0 saturated carbocycles. The minimum atomic E-state index is -4.42. The number of alkyl halides is 4. The Morgan fingerprint density at radius 2 is 2.22 bits per heavy atom. The van der Waals surface area contributed by atoms with Crippen LogP contribution >= 0.6 is 22.9 Å². The number of hydrogen-bond donors (Lipinski definition) is 0. The molecule has 2 rings (SSSR count). The average Bonchev–Trinajstić information content (AvgIpc) is 2.96. The van der Waals surface area contributed by atoms with Crippen LogP contribution in [0.5, 0.6) is 0 Å². The molecule has 0 amide bonds. The van der Waals surface area contributed by atoms with Gasteiger partial charge in [0.25, 0.3) is 0 Å². The van der Waals surface area contributed by atoms with Crippen molar-refractivity contribution in [2.24, 2.45) is 0 Å². The fourth-order valence-electron chi connectivity index (χ4n) is 1.39. The summed E-state index contributed by atoms with van der Waals surface area (Å²) >= 11 is 6.98. The number of nitrogens with zero attached hydrogens (tertiary/aromatic N) is 3. The molecule has 0 fully saturated rings. The van der Waals surface area contributed by atoms with E-state index in [0.717, 1.165) is 6.07 Å². The van der Waals surface area contributed by atoms with Gasteiger partial charge in [-0.2, -0.15) is 18.3 Å². The van der Waals surface area contributed by atoms with Crippen molar-refractivity contribution in [3.8, 4) is 0 Å². The van der Waals surface area contributed by atoms with E-state index in [1.165, 1.54) is 22.2 Å². The summed E-state index contributed by atoms with van der Waals surface area (Å²) in [5.74, 6) is 0.288. The Labute approximate surface area is 110 Å². The van der Waals surface area contributed by atoms with Crippen LogP contribution in [0.4, 0.5) is 13.2 Å². The second-order valence-corrected chi connectivity index (χ2v) is 4.82. The Morgan fingerprint density at radius 3 is 2.72 bits per heavy atom. The first kappa shape index (κ1) is 13.4. The molecule has 0 spiro atoms. The molecule has 1 atom stereocenters. The van der Waals surface area contributed by atoms with Crippen LogP contribution < -0.4 is 0 Å². The number of thiazole rings is 1. The lowest BCUT2D eigenvalue weighted by Gasteiger charge is -2.09. The third-order valence-corrected chi connectivity index (χ3v) is 3.70. The van der Waals surface area contributed by atoms with E-state index in [1.807, 2.05) is 0 Å². The van der Waals surface area contributed by atoms with Gasteiger partial charge in [-0.1, -0.05) is 0 Å². The van der Waals surface area contributed by atoms with Crippen molar-refractivity contribution in [1.29, 1.82) is 0 Å². The number of rotatable bonds is 3. The Morgan fingerprint density at radius 1 is 1.50 bits per heavy atom. The molecular weight excluding hydrogens is 287 g/mol. The maximum Gasteiger partial charge on any atom is 0.435 e. The topological polar surface area (TPSA) is 30.7 Å². The zero-order valence-electron chi connectivity index (χ0n) is 9.28. The van der Waals surface area contributed by atoms with E-state index >= 15 is 0 Å². The van der Waals surface area contributed by atoms with Gasteiger partial charge >= 0.3 is 6.18 Å². The summed E-state index contributed by atoms with van der Waals surface area (Å²) in [6, 6.07) is 0.607. The van der Waals surface area contributed by atoms with E-state index in [-0.39, 0.29) is 11.9 Å². The summed E-state index contributed by atoms with van der Waals surface area (Å²) in [6.07, 6.45) is -3.12. The maximum absolute atomic E-state index is 12.4. The molecule has 0 aliphatic rings. The van der Waals surface area contributed by atoms with E-state index in [9.17, 15) is 13.2 Å². The van der Waals surface area contributed by atoms with Crippen LogP contribution in [0.2, 0.25) is 0 Å². The van der Waals surface area contributed by atoms with Crippen LogP contribution in [-0.2, 0) is 12.1 Å². The second kappa shape index (κ2) is 4.89. The normalized spacial score (nSPS) is 13.8. The van der Waals surface area contributed by atoms with Crippen LogP contribution in [-0.4, -0.2) is 14.8 Å². The first-order valence-corrected chi connectivity index (χ1v) is 6.46. The van der Waals surface area contributed by atoms with Crippen LogP contribution in [0.3, 0.4) is 0 Å². The summed E-state index contributed by atoms with van der Waals surface area (Å²) in [5.41, 5.74) is -0.185. The lowest BCUT2D eigenvalue weighted by Crippen LogP contribution is -2.11. The van der Waals surface area contributed by atoms with Gasteiger partial charge in [-0.3, -0.25) is 4.68 Å². The van der Waals surface area contributed by atoms with Crippen molar-refractivity contribution in [1.82, 2.24) is 14.8 Å². The highest BCUT2D eigenvalue weighted by molar-refractivity contribution is 7.09. The third kappa shape index (κ3) is 2.67. The largest absolute Gasteiger partial charge is 0.435 e. The molecule has 2 aromatic heterocycles. The first-order chi connectivity index (χ1) is 8.41. The average molecular weight is 296 g/mol. The number of hydrogen-bond acceptors (Lipinski definition) is 3. The molecule has 0 N–H and O–H groups in total. The molecule has 18 heavy (non-hydrogen) atoms. The second-order valence-electron chi connectivity index (χ2n) is 3.67. The molecule has 0 aromatic carbocycles. The van der Waals surface area contributed by atoms with Gasteiger partial charge in [0.05, 0.1) is 11.6 Å². The van der Waals surface area contributed by atoms with Crippen molar-refractivity contribution in [3.63, 3.8) is 0 Å². The summed E-state index contributed by atoms with van der Waals surface area (Å²) in [4.78, 5) is 4.22. The number of aromatic nitrogens is 3. The summed E-state index contributed by atoms with van der Waals surface area (Å²) < 4.78 is 38.5. The molecule has 0 saturated heterocycles. The van der Waals surface area contributed by atoms with E-state index in [4.69, 9.17) is 11.6 Å². The number of halogens is 4. The maximum atomic E-state index is 12.4. The monoisotopic (exact) mass is 295 g/mol. The molecule has 0 aliphatic heterocycles. The van der Waals surface area contributed by atoms with Crippen LogP contribution in [0.15, 0.2) is 17.6 Å². The van der Waals surface area contributed by atoms with Gasteiger partial charge in [0.2, 0.25) is 0 Å². The SMILES string of the molecule is CC(c1nc(CCl)cs1)n1ccc(C(F)(F)F)n1. The van der Waals surface area contributed by atoms with Crippen molar-refractivity contribution >= 4 is 22.9 Å². The Bertz CT molecular complexity index is 534. The third-order valence-electron chi connectivity index (χ3n) is 2.36. The van der Waals surface area contributed by atoms with Crippen LogP contribution in [0.1, 0.15) is 29.4 Å². The highest BCUT2D eigenvalue weighted by Gasteiger charge is 2.34. The van der Waals surface area contributed by atoms with Crippen molar-refractivity contribution < 1.29 is 13.2 Å². The molecule has 0 aliphatic carbocycles. The van der Waals surface area contributed by atoms with Crippen LogP contribution in [0, 0.1) is 0 Å². The predicted octanol–water partition coefficient (Wildman–Crippen LogP) is 3.71. The first-order valence-electron chi connectivity index (χ1n) is 5.04. The Kier molecular flexibility index (Phi) is 3.63. The molecule has 98 valence electrons. The molecule has 2 heterocycles. The summed E-state index contributed by atoms with van der Waals surface area (Å²) in [7, 11) is 0. The molecule has 0 radical (unpaired) electrons. The van der Waals surface area contributed by atoms with Gasteiger partial charge < -0.3 is 0 Å². The predicted molar refractivity (Wildman–Crippen MR) is 62.7 cm³/mol. The minimum Gasteiger partial charge on any atom is -0.262 e. The Balaban J connectivity index is 2.23. The molecule has 8 heteroatoms. The zero-order chi connectivity index (χ0) is 13.3. The molecule has 3 nitrogen and oxygen atoms in total. The van der Waals surface area contributed by atoms with Crippen molar-refractivity contribution in [2.75, 3.05) is 0 Å². The van der Waals surface area contributed by atoms with E-state index in [1.54, 1.807) is 12.3 Å². The Hall–Kier alpha value is -1.08. The zero-order valence-corrected chi connectivity index (χ0v) is 10.9. The highest BCUT2D eigenvalue weighted by Crippen LogP contribution is 2.29. The fraction of sp³-hybridized carbons (Fsp3) is 0.400. The van der Waals surface area contributed by atoms with Gasteiger partial charge in [-0.25, -0.2) is 4.98 Å². The quantitative estimate of drug-likeness (QED) is 0.808. The van der Waals surface area contributed by atoms with E-state index in [0.29, 0.717) is 10.7 Å². The smallest absolute Gasteiger partial charge is 0.262 e. The molecule has 0 bridgehead atoms. The molecule has 1 unspecified atom stereocenters. The van der Waals surface area contributed by atoms with Crippen LogP contribution in [0.25, 0.3) is 0 Å². The lowest BCUT2D eigenvalue weighted by molar-refractivity contribution is -0.141. The van der Waals surface area contributed by atoms with Gasteiger partial charge in [-0.15, -0.1) is 22.9 Å². The van der Waals surface area contributed by atoms with Gasteiger partial charge in [-0.05, 0) is 13.0 Å². The van der Waals surface area contributed by atoms with Gasteiger partial charge in [0.15, 0.2) is 5.69 Å². The lowest BCUT2D eigenvalue weighted by atomic mass is 10.3. The van der Waals surface area contributed by atoms with Crippen molar-refractivity contribution in [2.45, 2.75) is 25.0 Å². The van der Waals surface area contributed by atoms with Crippen molar-refractivity contribution in [3.05, 3.63) is 34.0 Å².